The predicted molar refractivity (Wildman–Crippen MR) is 95.0 cm³/mol. The number of hydrogen-bond donors (Lipinski definition) is 1. The number of rotatable bonds is 6. The van der Waals surface area contributed by atoms with Gasteiger partial charge in [0.25, 0.3) is 0 Å². The number of aromatic nitrogens is 1. The van der Waals surface area contributed by atoms with Gasteiger partial charge in [-0.05, 0) is 46.6 Å². The zero-order valence-corrected chi connectivity index (χ0v) is 15.5. The topological polar surface area (TPSA) is 60.5 Å². The summed E-state index contributed by atoms with van der Waals surface area (Å²) in [6, 6.07) is 3.66. The number of ether oxygens (including phenoxy) is 2. The van der Waals surface area contributed by atoms with Crippen LogP contribution in [0.2, 0.25) is 0 Å². The Kier molecular flexibility index (Phi) is 6.18. The summed E-state index contributed by atoms with van der Waals surface area (Å²) in [6.45, 7) is 2.36. The first-order chi connectivity index (χ1) is 11.0. The molecule has 1 N–H and O–H groups in total. The molecular formula is C16H17BrN2O3S. The summed E-state index contributed by atoms with van der Waals surface area (Å²) in [6.07, 6.45) is 3.20. The van der Waals surface area contributed by atoms with E-state index in [9.17, 15) is 4.79 Å². The molecule has 1 heterocycles. The average molecular weight is 397 g/mol. The van der Waals surface area contributed by atoms with Gasteiger partial charge in [-0.3, -0.25) is 4.79 Å². The van der Waals surface area contributed by atoms with Crippen molar-refractivity contribution in [2.75, 3.05) is 14.2 Å². The van der Waals surface area contributed by atoms with Crippen LogP contribution >= 0.6 is 27.3 Å². The molecule has 122 valence electrons. The highest BCUT2D eigenvalue weighted by Crippen LogP contribution is 2.36. The Morgan fingerprint density at radius 1 is 1.39 bits per heavy atom. The number of nitrogens with zero attached hydrogens (tertiary/aromatic N) is 1. The fourth-order valence-corrected chi connectivity index (χ4v) is 3.17. The first-order valence-corrected chi connectivity index (χ1v) is 8.49. The zero-order valence-electron chi connectivity index (χ0n) is 13.1. The van der Waals surface area contributed by atoms with E-state index < -0.39 is 0 Å². The number of nitrogens with one attached hydrogen (secondary N) is 1. The van der Waals surface area contributed by atoms with Crippen LogP contribution in [-0.4, -0.2) is 25.1 Å². The van der Waals surface area contributed by atoms with Crippen LogP contribution in [0.15, 0.2) is 28.1 Å². The maximum absolute atomic E-state index is 11.9. The fraction of sp³-hybridized carbons (Fsp3) is 0.250. The third-order valence-corrected chi connectivity index (χ3v) is 4.40. The lowest BCUT2D eigenvalue weighted by Crippen LogP contribution is -2.20. The van der Waals surface area contributed by atoms with Gasteiger partial charge in [0.05, 0.1) is 35.9 Å². The van der Waals surface area contributed by atoms with Gasteiger partial charge in [-0.15, -0.1) is 11.3 Å². The number of thiazole rings is 1. The van der Waals surface area contributed by atoms with Crippen LogP contribution in [-0.2, 0) is 11.3 Å². The van der Waals surface area contributed by atoms with Gasteiger partial charge in [0.15, 0.2) is 11.5 Å². The van der Waals surface area contributed by atoms with Gasteiger partial charge in [0.2, 0.25) is 5.91 Å². The van der Waals surface area contributed by atoms with Gasteiger partial charge in [0, 0.05) is 11.5 Å². The number of methoxy groups -OCH3 is 2. The summed E-state index contributed by atoms with van der Waals surface area (Å²) < 4.78 is 11.3. The lowest BCUT2D eigenvalue weighted by molar-refractivity contribution is -0.116. The number of aryl methyl sites for hydroxylation is 1. The van der Waals surface area contributed by atoms with E-state index in [-0.39, 0.29) is 5.91 Å². The molecule has 1 aromatic heterocycles. The second-order valence-electron chi connectivity index (χ2n) is 4.65. The van der Waals surface area contributed by atoms with Crippen LogP contribution in [0.3, 0.4) is 0 Å². The molecule has 0 spiro atoms. The van der Waals surface area contributed by atoms with E-state index >= 15 is 0 Å². The van der Waals surface area contributed by atoms with E-state index in [1.54, 1.807) is 37.7 Å². The Labute approximate surface area is 147 Å². The fourth-order valence-electron chi connectivity index (χ4n) is 1.93. The highest BCUT2D eigenvalue weighted by atomic mass is 79.9. The number of carbonyl (C=O) groups excluding carboxylic acids is 1. The number of amides is 1. The summed E-state index contributed by atoms with van der Waals surface area (Å²) in [5.41, 5.74) is 1.69. The maximum Gasteiger partial charge on any atom is 0.244 e. The van der Waals surface area contributed by atoms with E-state index in [1.807, 2.05) is 18.4 Å². The molecule has 0 aliphatic heterocycles. The molecule has 2 aromatic rings. The van der Waals surface area contributed by atoms with Crippen LogP contribution in [0.4, 0.5) is 0 Å². The molecule has 0 aliphatic carbocycles. The molecular weight excluding hydrogens is 380 g/mol. The average Bonchev–Trinajstić information content (AvgIpc) is 2.95. The molecule has 0 aliphatic rings. The molecule has 1 aromatic carbocycles. The van der Waals surface area contributed by atoms with Crippen molar-refractivity contribution in [2.45, 2.75) is 13.5 Å². The molecule has 5 nitrogen and oxygen atoms in total. The largest absolute Gasteiger partial charge is 0.493 e. The molecule has 1 amide bonds. The molecule has 23 heavy (non-hydrogen) atoms. The second kappa shape index (κ2) is 8.12. The van der Waals surface area contributed by atoms with Gasteiger partial charge in [-0.1, -0.05) is 0 Å². The first kappa shape index (κ1) is 17.5. The van der Waals surface area contributed by atoms with Gasteiger partial charge in [-0.2, -0.15) is 0 Å². The molecule has 7 heteroatoms. The van der Waals surface area contributed by atoms with Crippen molar-refractivity contribution >= 4 is 39.2 Å². The zero-order chi connectivity index (χ0) is 16.8. The van der Waals surface area contributed by atoms with Crippen molar-refractivity contribution in [3.8, 4) is 11.5 Å². The van der Waals surface area contributed by atoms with Crippen molar-refractivity contribution in [1.29, 1.82) is 0 Å². The Bertz CT molecular complexity index is 728. The minimum atomic E-state index is -0.179. The monoisotopic (exact) mass is 396 g/mol. The van der Waals surface area contributed by atoms with Gasteiger partial charge in [0.1, 0.15) is 0 Å². The summed E-state index contributed by atoms with van der Waals surface area (Å²) in [5.74, 6) is 1.04. The second-order valence-corrected chi connectivity index (χ2v) is 6.56. The van der Waals surface area contributed by atoms with Crippen molar-refractivity contribution in [3.63, 3.8) is 0 Å². The number of benzene rings is 1. The van der Waals surface area contributed by atoms with Crippen LogP contribution in [0, 0.1) is 6.92 Å². The van der Waals surface area contributed by atoms with Crippen molar-refractivity contribution in [3.05, 3.63) is 44.3 Å². The lowest BCUT2D eigenvalue weighted by Gasteiger charge is -2.10. The summed E-state index contributed by atoms with van der Waals surface area (Å²) in [7, 11) is 3.14. The number of carbonyl (C=O) groups is 1. The standard InChI is InChI=1S/C16H17BrN2O3S/c1-10-19-12(9-23-10)8-18-15(20)5-4-11-6-13(17)16(22-3)14(7-11)21-2/h4-7,9H,8H2,1-3H3,(H,18,20)/b5-4+. The normalized spacial score (nSPS) is 10.8. The Hall–Kier alpha value is -1.86. The molecule has 0 bridgehead atoms. The highest BCUT2D eigenvalue weighted by molar-refractivity contribution is 9.10. The minimum absolute atomic E-state index is 0.179. The molecule has 2 rings (SSSR count). The van der Waals surface area contributed by atoms with Crippen LogP contribution in [0.1, 0.15) is 16.3 Å². The third kappa shape index (κ3) is 4.80. The van der Waals surface area contributed by atoms with E-state index in [4.69, 9.17) is 9.47 Å². The Morgan fingerprint density at radius 3 is 2.78 bits per heavy atom. The lowest BCUT2D eigenvalue weighted by atomic mass is 10.2. The van der Waals surface area contributed by atoms with Crippen LogP contribution in [0.5, 0.6) is 11.5 Å². The predicted octanol–water partition coefficient (Wildman–Crippen LogP) is 3.56. The molecule has 0 fully saturated rings. The highest BCUT2D eigenvalue weighted by Gasteiger charge is 2.09. The van der Waals surface area contributed by atoms with Gasteiger partial charge < -0.3 is 14.8 Å². The molecule has 0 unspecified atom stereocenters. The quantitative estimate of drug-likeness (QED) is 0.758. The van der Waals surface area contributed by atoms with Crippen molar-refractivity contribution < 1.29 is 14.3 Å². The SMILES string of the molecule is COc1cc(/C=C/C(=O)NCc2csc(C)n2)cc(Br)c1OC. The minimum Gasteiger partial charge on any atom is -0.493 e. The smallest absolute Gasteiger partial charge is 0.244 e. The molecule has 0 atom stereocenters. The van der Waals surface area contributed by atoms with E-state index in [0.29, 0.717) is 18.0 Å². The number of hydrogen-bond acceptors (Lipinski definition) is 5. The summed E-state index contributed by atoms with van der Waals surface area (Å²) in [5, 5.41) is 5.72. The third-order valence-electron chi connectivity index (χ3n) is 2.99. The molecule has 0 saturated heterocycles. The van der Waals surface area contributed by atoms with E-state index in [0.717, 1.165) is 20.7 Å². The molecule has 0 radical (unpaired) electrons. The van der Waals surface area contributed by atoms with Crippen LogP contribution in [0.25, 0.3) is 6.08 Å². The van der Waals surface area contributed by atoms with Crippen molar-refractivity contribution in [1.82, 2.24) is 10.3 Å². The first-order valence-electron chi connectivity index (χ1n) is 6.82. The van der Waals surface area contributed by atoms with E-state index in [1.165, 1.54) is 6.08 Å². The Morgan fingerprint density at radius 2 is 2.17 bits per heavy atom. The maximum atomic E-state index is 11.9. The van der Waals surface area contributed by atoms with Crippen molar-refractivity contribution in [2.24, 2.45) is 0 Å². The molecule has 0 saturated carbocycles. The van der Waals surface area contributed by atoms with Gasteiger partial charge >= 0.3 is 0 Å². The summed E-state index contributed by atoms with van der Waals surface area (Å²) in [4.78, 5) is 16.2. The van der Waals surface area contributed by atoms with Gasteiger partial charge in [-0.25, -0.2) is 4.98 Å². The van der Waals surface area contributed by atoms with E-state index in [2.05, 4.69) is 26.2 Å². The Balaban J connectivity index is 2.01. The van der Waals surface area contributed by atoms with Crippen LogP contribution < -0.4 is 14.8 Å². The summed E-state index contributed by atoms with van der Waals surface area (Å²) >= 11 is 4.99. The number of halogens is 1.